The monoisotopic (exact) mass is 735 g/mol. The molecule has 4 atom stereocenters. The van der Waals surface area contributed by atoms with Gasteiger partial charge in [-0.05, 0) is 74.6 Å². The number of nitrogens with two attached hydrogens (primary N) is 1. The SMILES string of the molecule is COCCCOc1cc(C[C@@H](C[C@H]2[C@H](C[C@H](C(=O)NCC(C)(C)C(N)=O)C(C)C)OCN2C(=O)OCOOC(=O)C=CC=O)C(C)C)ccc1OC. The Labute approximate surface area is 306 Å². The molecule has 2 rings (SSSR count). The van der Waals surface area contributed by atoms with E-state index in [-0.39, 0.29) is 36.9 Å². The van der Waals surface area contributed by atoms with Crippen LogP contribution < -0.4 is 20.5 Å². The van der Waals surface area contributed by atoms with Crippen LogP contribution in [0.1, 0.15) is 66.4 Å². The predicted molar refractivity (Wildman–Crippen MR) is 190 cm³/mol. The lowest BCUT2D eigenvalue weighted by atomic mass is 9.80. The van der Waals surface area contributed by atoms with Crippen molar-refractivity contribution in [2.45, 2.75) is 79.4 Å². The third-order valence-corrected chi connectivity index (χ3v) is 9.14. The zero-order valence-corrected chi connectivity index (χ0v) is 31.7. The van der Waals surface area contributed by atoms with Gasteiger partial charge in [0.2, 0.25) is 18.6 Å². The average molecular weight is 736 g/mol. The number of nitrogens with zero attached hydrogens (tertiary/aromatic N) is 1. The van der Waals surface area contributed by atoms with Crippen LogP contribution in [0, 0.1) is 29.1 Å². The molecule has 3 N–H and O–H groups in total. The van der Waals surface area contributed by atoms with Gasteiger partial charge in [0.15, 0.2) is 11.5 Å². The molecule has 1 aromatic carbocycles. The summed E-state index contributed by atoms with van der Waals surface area (Å²) >= 11 is 0. The Bertz CT molecular complexity index is 1350. The predicted octanol–water partition coefficient (Wildman–Crippen LogP) is 3.96. The number of methoxy groups -OCH3 is 2. The van der Waals surface area contributed by atoms with E-state index < -0.39 is 48.2 Å². The first-order valence-electron chi connectivity index (χ1n) is 17.5. The highest BCUT2D eigenvalue weighted by atomic mass is 17.2. The van der Waals surface area contributed by atoms with Gasteiger partial charge in [-0.15, -0.1) is 4.89 Å². The minimum atomic E-state index is -0.954. The summed E-state index contributed by atoms with van der Waals surface area (Å²) in [6, 6.07) is 5.32. The second-order valence-corrected chi connectivity index (χ2v) is 14.1. The first-order valence-corrected chi connectivity index (χ1v) is 17.5. The number of hydrogen-bond acceptors (Lipinski definition) is 12. The molecular formula is C37H57N3O12. The van der Waals surface area contributed by atoms with E-state index in [0.717, 1.165) is 24.1 Å². The number of nitrogens with one attached hydrogen (secondary N) is 1. The summed E-state index contributed by atoms with van der Waals surface area (Å²) in [6.45, 7) is 11.7. The molecule has 15 nitrogen and oxygen atoms in total. The molecule has 1 aliphatic heterocycles. The Morgan fingerprint density at radius 3 is 2.40 bits per heavy atom. The Morgan fingerprint density at radius 1 is 1.06 bits per heavy atom. The van der Waals surface area contributed by atoms with Gasteiger partial charge in [-0.1, -0.05) is 33.8 Å². The fraction of sp³-hybridized carbons (Fsp3) is 0.649. The van der Waals surface area contributed by atoms with Gasteiger partial charge in [0.05, 0.1) is 31.3 Å². The van der Waals surface area contributed by atoms with Crippen molar-refractivity contribution in [2.75, 3.05) is 47.5 Å². The fourth-order valence-electron chi connectivity index (χ4n) is 5.67. The quantitative estimate of drug-likeness (QED) is 0.0412. The van der Waals surface area contributed by atoms with E-state index in [4.69, 9.17) is 34.3 Å². The molecule has 0 spiro atoms. The van der Waals surface area contributed by atoms with E-state index >= 15 is 0 Å². The Morgan fingerprint density at radius 2 is 1.79 bits per heavy atom. The number of amides is 3. The summed E-state index contributed by atoms with van der Waals surface area (Å²) in [4.78, 5) is 71.4. The second kappa shape index (κ2) is 22.0. The number of rotatable bonds is 23. The molecular weight excluding hydrogens is 678 g/mol. The lowest BCUT2D eigenvalue weighted by Gasteiger charge is -2.33. The molecule has 15 heteroatoms. The molecule has 0 saturated carbocycles. The molecule has 0 unspecified atom stereocenters. The molecule has 1 aromatic rings. The van der Waals surface area contributed by atoms with E-state index in [1.165, 1.54) is 4.90 Å². The van der Waals surface area contributed by atoms with Gasteiger partial charge in [0, 0.05) is 38.7 Å². The van der Waals surface area contributed by atoms with E-state index in [9.17, 15) is 24.0 Å². The molecule has 1 aliphatic rings. The van der Waals surface area contributed by atoms with Crippen LogP contribution in [0.4, 0.5) is 4.79 Å². The van der Waals surface area contributed by atoms with Gasteiger partial charge in [-0.2, -0.15) is 0 Å². The number of allylic oxidation sites excluding steroid dienone is 1. The summed E-state index contributed by atoms with van der Waals surface area (Å²) in [5.41, 5.74) is 5.60. The molecule has 1 heterocycles. The second-order valence-electron chi connectivity index (χ2n) is 14.1. The smallest absolute Gasteiger partial charge is 0.414 e. The van der Waals surface area contributed by atoms with Crippen LogP contribution >= 0.6 is 0 Å². The van der Waals surface area contributed by atoms with Crippen molar-refractivity contribution >= 4 is 30.2 Å². The highest BCUT2D eigenvalue weighted by Crippen LogP contribution is 2.36. The van der Waals surface area contributed by atoms with E-state index in [1.54, 1.807) is 28.1 Å². The van der Waals surface area contributed by atoms with Crippen LogP contribution in [0.2, 0.25) is 0 Å². The largest absolute Gasteiger partial charge is 0.493 e. The molecule has 0 aliphatic carbocycles. The van der Waals surface area contributed by atoms with Crippen molar-refractivity contribution in [1.29, 1.82) is 0 Å². The summed E-state index contributed by atoms with van der Waals surface area (Å²) in [5, 5.41) is 2.88. The van der Waals surface area contributed by atoms with Gasteiger partial charge in [-0.3, -0.25) is 24.2 Å². The van der Waals surface area contributed by atoms with Crippen LogP contribution in [0.3, 0.4) is 0 Å². The fourth-order valence-corrected chi connectivity index (χ4v) is 5.67. The Kier molecular flexibility index (Phi) is 18.6. The zero-order valence-electron chi connectivity index (χ0n) is 31.7. The zero-order chi connectivity index (χ0) is 38.8. The number of carbonyl (C=O) groups is 5. The van der Waals surface area contributed by atoms with Crippen LogP contribution in [0.25, 0.3) is 0 Å². The third-order valence-electron chi connectivity index (χ3n) is 9.14. The van der Waals surface area contributed by atoms with Gasteiger partial charge in [-0.25, -0.2) is 9.59 Å². The third kappa shape index (κ3) is 14.1. The summed E-state index contributed by atoms with van der Waals surface area (Å²) < 4.78 is 28.1. The number of hydrogen-bond donors (Lipinski definition) is 2. The highest BCUT2D eigenvalue weighted by Gasteiger charge is 2.43. The minimum Gasteiger partial charge on any atom is -0.493 e. The molecule has 0 aromatic heterocycles. The highest BCUT2D eigenvalue weighted by molar-refractivity contribution is 5.86. The van der Waals surface area contributed by atoms with Crippen molar-refractivity contribution in [3.63, 3.8) is 0 Å². The number of aldehydes is 1. The van der Waals surface area contributed by atoms with E-state index in [2.05, 4.69) is 24.1 Å². The molecule has 0 bridgehead atoms. The van der Waals surface area contributed by atoms with Crippen molar-refractivity contribution < 1.29 is 57.4 Å². The Hall–Kier alpha value is -4.21. The van der Waals surface area contributed by atoms with E-state index in [0.29, 0.717) is 50.3 Å². The summed E-state index contributed by atoms with van der Waals surface area (Å²) in [5.74, 6) is -0.873. The summed E-state index contributed by atoms with van der Waals surface area (Å²) in [6.07, 6.45) is 3.03. The standard InChI is InChI=1S/C37H57N3O12/c1-24(2)27(17-26-12-13-30(47-8)32(18-26)48-16-10-15-46-7)19-29-31(20-28(25(3)4)34(43)39-21-37(5,6)35(38)44)49-22-40(29)36(45)50-23-51-52-33(42)11-9-14-41/h9,11-14,18,24-25,27-29,31H,10,15-17,19-23H2,1-8H3,(H2,38,44)(H,39,43)/t27-,28-,29-,31-/m0/s1. The maximum atomic E-state index is 13.5. The number of primary amides is 1. The van der Waals surface area contributed by atoms with Crippen molar-refractivity contribution in [1.82, 2.24) is 10.2 Å². The molecule has 292 valence electrons. The molecule has 1 saturated heterocycles. The van der Waals surface area contributed by atoms with Crippen LogP contribution in [-0.4, -0.2) is 94.7 Å². The maximum Gasteiger partial charge on any atom is 0.414 e. The van der Waals surface area contributed by atoms with Gasteiger partial charge in [0.25, 0.3) is 0 Å². The number of benzene rings is 1. The van der Waals surface area contributed by atoms with Crippen LogP contribution in [0.5, 0.6) is 11.5 Å². The lowest BCUT2D eigenvalue weighted by molar-refractivity contribution is -0.298. The Balaban J connectivity index is 2.32. The maximum absolute atomic E-state index is 13.5. The van der Waals surface area contributed by atoms with Gasteiger partial charge < -0.3 is 34.7 Å². The van der Waals surface area contributed by atoms with E-state index in [1.807, 2.05) is 32.0 Å². The van der Waals surface area contributed by atoms with Gasteiger partial charge >= 0.3 is 12.1 Å². The van der Waals surface area contributed by atoms with Crippen molar-refractivity contribution in [3.05, 3.63) is 35.9 Å². The molecule has 3 amide bonds. The minimum absolute atomic E-state index is 0.0451. The average Bonchev–Trinajstić information content (AvgIpc) is 3.50. The first-order chi connectivity index (χ1) is 24.6. The van der Waals surface area contributed by atoms with Crippen LogP contribution in [-0.2, 0) is 49.6 Å². The molecule has 52 heavy (non-hydrogen) atoms. The topological polar surface area (TPSA) is 191 Å². The van der Waals surface area contributed by atoms with Gasteiger partial charge in [0.1, 0.15) is 13.0 Å². The number of ether oxygens (including phenoxy) is 5. The van der Waals surface area contributed by atoms with Crippen LogP contribution in [0.15, 0.2) is 30.4 Å². The van der Waals surface area contributed by atoms with Crippen molar-refractivity contribution in [2.24, 2.45) is 34.8 Å². The number of carbonyl (C=O) groups excluding carboxylic acids is 5. The molecule has 1 fully saturated rings. The first kappa shape index (κ1) is 44.0. The van der Waals surface area contributed by atoms with Crippen molar-refractivity contribution in [3.8, 4) is 11.5 Å². The molecule has 0 radical (unpaired) electrons. The lowest BCUT2D eigenvalue weighted by Crippen LogP contribution is -2.47. The summed E-state index contributed by atoms with van der Waals surface area (Å²) in [7, 11) is 3.23. The normalized spacial score (nSPS) is 17.2.